The second-order valence-corrected chi connectivity index (χ2v) is 8.61. The Hall–Kier alpha value is -3.40. The molecular weight excluding hydrogens is 436 g/mol. The molecule has 10 heteroatoms. The number of rotatable bonds is 4. The number of nitrogens with one attached hydrogen (secondary N) is 2. The lowest BCUT2D eigenvalue weighted by Gasteiger charge is -2.31. The Kier molecular flexibility index (Phi) is 6.40. The monoisotopic (exact) mass is 457 g/mol. The van der Waals surface area contributed by atoms with Gasteiger partial charge < -0.3 is 15.5 Å². The molecule has 1 aromatic heterocycles. The Labute approximate surface area is 187 Å². The van der Waals surface area contributed by atoms with Gasteiger partial charge in [0.25, 0.3) is 5.91 Å². The molecule has 0 bridgehead atoms. The van der Waals surface area contributed by atoms with E-state index in [-0.39, 0.29) is 22.5 Å². The molecule has 7 nitrogen and oxygen atoms in total. The SMILES string of the molecule is Cc1ccc(NC(=O)c2nnc([C@H]3CCCN(C(=O)Nc4ccc(F)cc4F)C3)s2)cc1. The lowest BCUT2D eigenvalue weighted by molar-refractivity contribution is 0.102. The summed E-state index contributed by atoms with van der Waals surface area (Å²) in [4.78, 5) is 26.6. The van der Waals surface area contributed by atoms with Crippen LogP contribution in [-0.2, 0) is 0 Å². The van der Waals surface area contributed by atoms with E-state index in [1.165, 1.54) is 17.4 Å². The van der Waals surface area contributed by atoms with Crippen LogP contribution in [0.1, 0.15) is 39.1 Å². The van der Waals surface area contributed by atoms with E-state index in [4.69, 9.17) is 0 Å². The third-order valence-electron chi connectivity index (χ3n) is 5.17. The number of likely N-dealkylation sites (tertiary alicyclic amines) is 1. The molecule has 0 saturated carbocycles. The molecule has 2 N–H and O–H groups in total. The first-order chi connectivity index (χ1) is 15.4. The van der Waals surface area contributed by atoms with Gasteiger partial charge >= 0.3 is 6.03 Å². The van der Waals surface area contributed by atoms with Crippen LogP contribution in [0.15, 0.2) is 42.5 Å². The highest BCUT2D eigenvalue weighted by atomic mass is 32.1. The number of carbonyl (C=O) groups is 2. The summed E-state index contributed by atoms with van der Waals surface area (Å²) < 4.78 is 26.9. The highest BCUT2D eigenvalue weighted by molar-refractivity contribution is 7.13. The topological polar surface area (TPSA) is 87.2 Å². The molecule has 3 aromatic rings. The molecule has 4 rings (SSSR count). The number of nitrogens with zero attached hydrogens (tertiary/aromatic N) is 3. The van der Waals surface area contributed by atoms with Gasteiger partial charge in [-0.25, -0.2) is 13.6 Å². The van der Waals surface area contributed by atoms with Crippen molar-refractivity contribution in [1.29, 1.82) is 0 Å². The highest BCUT2D eigenvalue weighted by Gasteiger charge is 2.28. The van der Waals surface area contributed by atoms with E-state index in [0.717, 1.165) is 30.5 Å². The second-order valence-electron chi connectivity index (χ2n) is 7.61. The van der Waals surface area contributed by atoms with Crippen molar-refractivity contribution in [3.63, 3.8) is 0 Å². The average molecular weight is 458 g/mol. The van der Waals surface area contributed by atoms with Crippen molar-refractivity contribution in [2.75, 3.05) is 23.7 Å². The number of hydrogen-bond acceptors (Lipinski definition) is 5. The molecule has 1 saturated heterocycles. The van der Waals surface area contributed by atoms with Crippen LogP contribution in [0, 0.1) is 18.6 Å². The van der Waals surface area contributed by atoms with Crippen LogP contribution >= 0.6 is 11.3 Å². The molecule has 0 radical (unpaired) electrons. The Balaban J connectivity index is 1.39. The lowest BCUT2D eigenvalue weighted by atomic mass is 9.99. The Morgan fingerprint density at radius 2 is 1.88 bits per heavy atom. The minimum absolute atomic E-state index is 0.0778. The molecule has 32 heavy (non-hydrogen) atoms. The number of aromatic nitrogens is 2. The van der Waals surface area contributed by atoms with E-state index >= 15 is 0 Å². The standard InChI is InChI=1S/C22H21F2N5O2S/c1-13-4-7-16(8-5-13)25-19(30)21-28-27-20(32-21)14-3-2-10-29(12-14)22(31)26-18-9-6-15(23)11-17(18)24/h4-9,11,14H,2-3,10,12H2,1H3,(H,25,30)(H,26,31)/t14-/m0/s1. The van der Waals surface area contributed by atoms with Crippen molar-refractivity contribution < 1.29 is 18.4 Å². The van der Waals surface area contributed by atoms with Gasteiger partial charge in [-0.2, -0.15) is 0 Å². The van der Waals surface area contributed by atoms with Crippen LogP contribution in [0.5, 0.6) is 0 Å². The van der Waals surface area contributed by atoms with Crippen LogP contribution in [0.3, 0.4) is 0 Å². The molecule has 3 amide bonds. The maximum Gasteiger partial charge on any atom is 0.321 e. The highest BCUT2D eigenvalue weighted by Crippen LogP contribution is 2.30. The van der Waals surface area contributed by atoms with Crippen molar-refractivity contribution in [3.05, 3.63) is 69.7 Å². The van der Waals surface area contributed by atoms with Gasteiger partial charge in [0.2, 0.25) is 5.01 Å². The molecule has 1 fully saturated rings. The number of urea groups is 1. The van der Waals surface area contributed by atoms with Crippen molar-refractivity contribution in [3.8, 4) is 0 Å². The number of piperidine rings is 1. The van der Waals surface area contributed by atoms with Crippen LogP contribution in [0.25, 0.3) is 0 Å². The second kappa shape index (κ2) is 9.39. The zero-order valence-electron chi connectivity index (χ0n) is 17.3. The van der Waals surface area contributed by atoms with E-state index in [1.54, 1.807) is 4.90 Å². The maximum absolute atomic E-state index is 13.8. The molecule has 2 aromatic carbocycles. The summed E-state index contributed by atoms with van der Waals surface area (Å²) in [5, 5.41) is 14.4. The minimum Gasteiger partial charge on any atom is -0.324 e. The van der Waals surface area contributed by atoms with Crippen LogP contribution in [0.2, 0.25) is 0 Å². The molecule has 1 aliphatic heterocycles. The average Bonchev–Trinajstić information content (AvgIpc) is 3.28. The van der Waals surface area contributed by atoms with E-state index in [0.29, 0.717) is 23.8 Å². The van der Waals surface area contributed by atoms with Gasteiger partial charge in [-0.15, -0.1) is 10.2 Å². The largest absolute Gasteiger partial charge is 0.324 e. The summed E-state index contributed by atoms with van der Waals surface area (Å²) in [6.45, 7) is 2.83. The zero-order valence-corrected chi connectivity index (χ0v) is 18.1. The molecule has 1 atom stereocenters. The van der Waals surface area contributed by atoms with Gasteiger partial charge in [0.15, 0.2) is 0 Å². The molecule has 0 aliphatic carbocycles. The first-order valence-electron chi connectivity index (χ1n) is 10.1. The normalized spacial score (nSPS) is 16.0. The summed E-state index contributed by atoms with van der Waals surface area (Å²) in [5.41, 5.74) is 1.68. The summed E-state index contributed by atoms with van der Waals surface area (Å²) in [6, 6.07) is 9.96. The van der Waals surface area contributed by atoms with Gasteiger partial charge in [0.1, 0.15) is 16.6 Å². The molecule has 166 valence electrons. The number of amides is 3. The Morgan fingerprint density at radius 1 is 1.09 bits per heavy atom. The van der Waals surface area contributed by atoms with Gasteiger partial charge in [-0.3, -0.25) is 4.79 Å². The van der Waals surface area contributed by atoms with E-state index < -0.39 is 17.7 Å². The number of halogens is 2. The fourth-order valence-corrected chi connectivity index (χ4v) is 4.33. The van der Waals surface area contributed by atoms with Crippen LogP contribution in [-0.4, -0.2) is 40.1 Å². The Bertz CT molecular complexity index is 1140. The smallest absolute Gasteiger partial charge is 0.321 e. The van der Waals surface area contributed by atoms with Crippen molar-refractivity contribution in [2.45, 2.75) is 25.7 Å². The number of carbonyl (C=O) groups excluding carboxylic acids is 2. The zero-order chi connectivity index (χ0) is 22.7. The minimum atomic E-state index is -0.833. The number of benzene rings is 2. The lowest BCUT2D eigenvalue weighted by Crippen LogP contribution is -2.41. The predicted molar refractivity (Wildman–Crippen MR) is 118 cm³/mol. The van der Waals surface area contributed by atoms with E-state index in [2.05, 4.69) is 20.8 Å². The fraction of sp³-hybridized carbons (Fsp3) is 0.273. The molecule has 0 unspecified atom stereocenters. The molecule has 0 spiro atoms. The first-order valence-corrected chi connectivity index (χ1v) is 10.9. The van der Waals surface area contributed by atoms with Gasteiger partial charge in [-0.05, 0) is 44.0 Å². The summed E-state index contributed by atoms with van der Waals surface area (Å²) in [5.74, 6) is -1.96. The first kappa shape index (κ1) is 21.8. The summed E-state index contributed by atoms with van der Waals surface area (Å²) in [6.07, 6.45) is 1.53. The van der Waals surface area contributed by atoms with E-state index in [9.17, 15) is 18.4 Å². The third-order valence-corrected chi connectivity index (χ3v) is 6.26. The molecule has 2 heterocycles. The number of hydrogen-bond donors (Lipinski definition) is 2. The number of aryl methyl sites for hydroxylation is 1. The van der Waals surface area contributed by atoms with Crippen molar-refractivity contribution >= 4 is 34.6 Å². The quantitative estimate of drug-likeness (QED) is 0.590. The van der Waals surface area contributed by atoms with Crippen molar-refractivity contribution in [2.24, 2.45) is 0 Å². The summed E-state index contributed by atoms with van der Waals surface area (Å²) in [7, 11) is 0. The van der Waals surface area contributed by atoms with Gasteiger partial charge in [0.05, 0.1) is 5.69 Å². The maximum atomic E-state index is 13.8. The third kappa shape index (κ3) is 5.08. The Morgan fingerprint density at radius 3 is 2.62 bits per heavy atom. The van der Waals surface area contributed by atoms with Crippen molar-refractivity contribution in [1.82, 2.24) is 15.1 Å². The fourth-order valence-electron chi connectivity index (χ4n) is 3.46. The van der Waals surface area contributed by atoms with Crippen LogP contribution < -0.4 is 10.6 Å². The molecule has 1 aliphatic rings. The van der Waals surface area contributed by atoms with Gasteiger partial charge in [-0.1, -0.05) is 29.0 Å². The summed E-state index contributed by atoms with van der Waals surface area (Å²) >= 11 is 1.20. The van der Waals surface area contributed by atoms with Crippen LogP contribution in [0.4, 0.5) is 25.0 Å². The predicted octanol–water partition coefficient (Wildman–Crippen LogP) is 4.79. The van der Waals surface area contributed by atoms with E-state index in [1.807, 2.05) is 31.2 Å². The molecular formula is C22H21F2N5O2S. The van der Waals surface area contributed by atoms with Gasteiger partial charge in [0, 0.05) is 30.8 Å². The number of anilines is 2.